The van der Waals surface area contributed by atoms with Crippen LogP contribution in [0.15, 0.2) is 18.2 Å². The van der Waals surface area contributed by atoms with Crippen molar-refractivity contribution in [1.29, 1.82) is 0 Å². The smallest absolute Gasteiger partial charge is 0.260 e. The minimum atomic E-state index is -0.699. The molecule has 0 saturated heterocycles. The summed E-state index contributed by atoms with van der Waals surface area (Å²) in [6.45, 7) is 4.15. The number of amides is 1. The van der Waals surface area contributed by atoms with Crippen LogP contribution in [0.4, 0.5) is 0 Å². The first-order valence-corrected chi connectivity index (χ1v) is 6.79. The predicted octanol–water partition coefficient (Wildman–Crippen LogP) is 1.28. The fraction of sp³-hybridized carbons (Fsp3) is 0.533. The highest BCUT2D eigenvalue weighted by Gasteiger charge is 2.18. The van der Waals surface area contributed by atoms with E-state index in [9.17, 15) is 9.90 Å². The van der Waals surface area contributed by atoms with Crippen LogP contribution >= 0.6 is 0 Å². The summed E-state index contributed by atoms with van der Waals surface area (Å²) in [5.41, 5.74) is 0.604. The summed E-state index contributed by atoms with van der Waals surface area (Å²) in [5, 5.41) is 12.5. The molecule has 1 unspecified atom stereocenters. The number of hydrogen-bond donors (Lipinski definition) is 2. The van der Waals surface area contributed by atoms with Crippen molar-refractivity contribution in [2.75, 3.05) is 27.4 Å². The van der Waals surface area contributed by atoms with Gasteiger partial charge >= 0.3 is 0 Å². The highest BCUT2D eigenvalue weighted by molar-refractivity contribution is 5.80. The Morgan fingerprint density at radius 2 is 2.05 bits per heavy atom. The molecule has 0 aliphatic heterocycles. The molecule has 0 heterocycles. The molecule has 0 spiro atoms. The molecule has 21 heavy (non-hydrogen) atoms. The van der Waals surface area contributed by atoms with E-state index in [1.807, 2.05) is 0 Å². The number of rotatable bonds is 8. The first-order valence-electron chi connectivity index (χ1n) is 6.79. The minimum Gasteiger partial charge on any atom is -0.497 e. The highest BCUT2D eigenvalue weighted by Crippen LogP contribution is 2.30. The molecule has 2 N–H and O–H groups in total. The molecule has 2 atom stereocenters. The molecule has 0 aliphatic carbocycles. The van der Waals surface area contributed by atoms with E-state index in [0.717, 1.165) is 0 Å². The van der Waals surface area contributed by atoms with Gasteiger partial charge < -0.3 is 24.6 Å². The number of methoxy groups -OCH3 is 2. The summed E-state index contributed by atoms with van der Waals surface area (Å²) < 4.78 is 15.6. The third-order valence-electron chi connectivity index (χ3n) is 2.95. The van der Waals surface area contributed by atoms with E-state index in [4.69, 9.17) is 14.2 Å². The average Bonchev–Trinajstić information content (AvgIpc) is 2.46. The molecule has 6 heteroatoms. The monoisotopic (exact) mass is 297 g/mol. The van der Waals surface area contributed by atoms with Crippen LogP contribution in [-0.4, -0.2) is 44.5 Å². The van der Waals surface area contributed by atoms with Crippen molar-refractivity contribution in [1.82, 2.24) is 5.32 Å². The van der Waals surface area contributed by atoms with Crippen molar-refractivity contribution in [2.24, 2.45) is 0 Å². The zero-order valence-electron chi connectivity index (χ0n) is 12.9. The number of hydrogen-bond acceptors (Lipinski definition) is 5. The molecule has 1 amide bonds. The van der Waals surface area contributed by atoms with Crippen molar-refractivity contribution in [3.05, 3.63) is 23.8 Å². The van der Waals surface area contributed by atoms with E-state index < -0.39 is 12.2 Å². The molecule has 0 radical (unpaired) electrons. The Hall–Kier alpha value is -1.79. The first kappa shape index (κ1) is 17.3. The molecule has 0 bridgehead atoms. The topological polar surface area (TPSA) is 77.0 Å². The Bertz CT molecular complexity index is 461. The zero-order chi connectivity index (χ0) is 15.8. The minimum absolute atomic E-state index is 0.244. The van der Waals surface area contributed by atoms with Crippen LogP contribution in [0.1, 0.15) is 25.5 Å². The van der Waals surface area contributed by atoms with Crippen molar-refractivity contribution < 1.29 is 24.1 Å². The van der Waals surface area contributed by atoms with Crippen LogP contribution in [0.5, 0.6) is 11.5 Å². The Labute approximate surface area is 125 Å². The summed E-state index contributed by atoms with van der Waals surface area (Å²) in [4.78, 5) is 11.9. The van der Waals surface area contributed by atoms with Gasteiger partial charge in [0, 0.05) is 25.3 Å². The lowest BCUT2D eigenvalue weighted by Gasteiger charge is -2.19. The van der Waals surface area contributed by atoms with Crippen molar-refractivity contribution >= 4 is 5.91 Å². The largest absolute Gasteiger partial charge is 0.497 e. The van der Waals surface area contributed by atoms with Crippen LogP contribution in [0.3, 0.4) is 0 Å². The van der Waals surface area contributed by atoms with Crippen LogP contribution in [0.25, 0.3) is 0 Å². The van der Waals surface area contributed by atoms with Crippen molar-refractivity contribution in [2.45, 2.75) is 26.1 Å². The Morgan fingerprint density at radius 1 is 1.33 bits per heavy atom. The molecular formula is C15H23NO5. The molecule has 1 rings (SSSR count). The SMILES string of the molecule is COCCNC(=O)C(C)Oc1cc(OC)ccc1[C@@H](C)O. The summed E-state index contributed by atoms with van der Waals surface area (Å²) in [5.74, 6) is 0.784. The number of benzene rings is 1. The summed E-state index contributed by atoms with van der Waals surface area (Å²) in [6.07, 6.45) is -1.39. The van der Waals surface area contributed by atoms with Gasteiger partial charge in [-0.3, -0.25) is 4.79 Å². The van der Waals surface area contributed by atoms with Crippen LogP contribution in [0, 0.1) is 0 Å². The molecule has 118 valence electrons. The summed E-state index contributed by atoms with van der Waals surface area (Å²) >= 11 is 0. The predicted molar refractivity (Wildman–Crippen MR) is 78.6 cm³/mol. The van der Waals surface area contributed by atoms with Gasteiger partial charge in [0.25, 0.3) is 5.91 Å². The van der Waals surface area contributed by atoms with Gasteiger partial charge in [0.15, 0.2) is 6.10 Å². The van der Waals surface area contributed by atoms with Crippen molar-refractivity contribution in [3.8, 4) is 11.5 Å². The average molecular weight is 297 g/mol. The third kappa shape index (κ3) is 5.24. The van der Waals surface area contributed by atoms with E-state index >= 15 is 0 Å². The molecule has 1 aromatic carbocycles. The van der Waals surface area contributed by atoms with Gasteiger partial charge in [0.1, 0.15) is 11.5 Å². The Kier molecular flexibility index (Phi) is 6.98. The summed E-state index contributed by atoms with van der Waals surface area (Å²) in [6, 6.07) is 5.10. The maximum atomic E-state index is 11.9. The first-order chi connectivity index (χ1) is 9.99. The lowest BCUT2D eigenvalue weighted by Crippen LogP contribution is -2.38. The Balaban J connectivity index is 2.77. The van der Waals surface area contributed by atoms with Crippen LogP contribution in [0.2, 0.25) is 0 Å². The quantitative estimate of drug-likeness (QED) is 0.707. The van der Waals surface area contributed by atoms with E-state index in [2.05, 4.69) is 5.32 Å². The lowest BCUT2D eigenvalue weighted by atomic mass is 10.1. The Morgan fingerprint density at radius 3 is 2.62 bits per heavy atom. The normalized spacial score (nSPS) is 13.4. The third-order valence-corrected chi connectivity index (χ3v) is 2.95. The van der Waals surface area contributed by atoms with Gasteiger partial charge in [-0.15, -0.1) is 0 Å². The molecule has 0 fully saturated rings. The van der Waals surface area contributed by atoms with Gasteiger partial charge in [-0.2, -0.15) is 0 Å². The molecule has 0 aromatic heterocycles. The van der Waals surface area contributed by atoms with Crippen LogP contribution in [-0.2, 0) is 9.53 Å². The van der Waals surface area contributed by atoms with E-state index in [1.165, 1.54) is 0 Å². The molecular weight excluding hydrogens is 274 g/mol. The highest BCUT2D eigenvalue weighted by atomic mass is 16.5. The number of ether oxygens (including phenoxy) is 3. The fourth-order valence-corrected chi connectivity index (χ4v) is 1.75. The molecule has 1 aromatic rings. The lowest BCUT2D eigenvalue weighted by molar-refractivity contribution is -0.127. The summed E-state index contributed by atoms with van der Waals surface area (Å²) in [7, 11) is 3.11. The standard InChI is InChI=1S/C15H23NO5/c1-10(17)13-6-5-12(20-4)9-14(13)21-11(2)15(18)16-7-8-19-3/h5-6,9-11,17H,7-8H2,1-4H3,(H,16,18)/t10-,11?/m1/s1. The number of carbonyl (C=O) groups excluding carboxylic acids is 1. The maximum Gasteiger partial charge on any atom is 0.260 e. The number of aliphatic hydroxyl groups excluding tert-OH is 1. The maximum absolute atomic E-state index is 11.9. The number of nitrogens with one attached hydrogen (secondary N) is 1. The van der Waals surface area contributed by atoms with Crippen LogP contribution < -0.4 is 14.8 Å². The molecule has 6 nitrogen and oxygen atoms in total. The molecule has 0 saturated carbocycles. The van der Waals surface area contributed by atoms with Gasteiger partial charge in [-0.1, -0.05) is 0 Å². The van der Waals surface area contributed by atoms with Gasteiger partial charge in [0.2, 0.25) is 0 Å². The zero-order valence-corrected chi connectivity index (χ0v) is 12.9. The second kappa shape index (κ2) is 8.49. The number of carbonyl (C=O) groups is 1. The van der Waals surface area contributed by atoms with Gasteiger partial charge in [0.05, 0.1) is 19.8 Å². The fourth-order valence-electron chi connectivity index (χ4n) is 1.75. The number of aliphatic hydroxyl groups is 1. The van der Waals surface area contributed by atoms with E-state index in [1.54, 1.807) is 46.3 Å². The second-order valence-corrected chi connectivity index (χ2v) is 4.62. The van der Waals surface area contributed by atoms with E-state index in [-0.39, 0.29) is 5.91 Å². The van der Waals surface area contributed by atoms with Crippen molar-refractivity contribution in [3.63, 3.8) is 0 Å². The van der Waals surface area contributed by atoms with Gasteiger partial charge in [-0.25, -0.2) is 0 Å². The van der Waals surface area contributed by atoms with E-state index in [0.29, 0.717) is 30.2 Å². The van der Waals surface area contributed by atoms with Gasteiger partial charge in [-0.05, 0) is 26.0 Å². The molecule has 0 aliphatic rings. The second-order valence-electron chi connectivity index (χ2n) is 4.62.